The van der Waals surface area contributed by atoms with E-state index in [0.717, 1.165) is 55.7 Å². The molecule has 9 heteroatoms. The number of nitrogens with one attached hydrogen (secondary N) is 2. The lowest BCUT2D eigenvalue weighted by Gasteiger charge is -2.30. The smallest absolute Gasteiger partial charge is 0.336 e. The highest BCUT2D eigenvalue weighted by molar-refractivity contribution is 6.13. The number of carbonyl (C=O) groups is 4. The second-order valence-electron chi connectivity index (χ2n) is 8.92. The largest absolute Gasteiger partial charge is 0.478 e. The molecule has 4 rings (SSSR count). The van der Waals surface area contributed by atoms with Crippen LogP contribution in [0, 0.1) is 6.92 Å². The van der Waals surface area contributed by atoms with Crippen molar-refractivity contribution in [2.45, 2.75) is 26.2 Å². The molecule has 1 heterocycles. The van der Waals surface area contributed by atoms with E-state index in [1.165, 1.54) is 6.07 Å². The zero-order valence-corrected chi connectivity index (χ0v) is 20.3. The van der Waals surface area contributed by atoms with E-state index in [2.05, 4.69) is 15.5 Å². The average molecular weight is 502 g/mol. The molecule has 2 amide bonds. The summed E-state index contributed by atoms with van der Waals surface area (Å²) in [5.74, 6) is -3.79. The monoisotopic (exact) mass is 501 g/mol. The number of carbonyl (C=O) groups excluding carboxylic acids is 2. The molecule has 0 spiro atoms. The Kier molecular flexibility index (Phi) is 7.52. The van der Waals surface area contributed by atoms with E-state index in [1.54, 1.807) is 18.2 Å². The number of aromatic carboxylic acids is 2. The highest BCUT2D eigenvalue weighted by Gasteiger charge is 2.22. The van der Waals surface area contributed by atoms with Crippen molar-refractivity contribution in [2.24, 2.45) is 0 Å². The van der Waals surface area contributed by atoms with Crippen molar-refractivity contribution in [3.63, 3.8) is 0 Å². The van der Waals surface area contributed by atoms with Crippen LogP contribution in [0.5, 0.6) is 0 Å². The quantitative estimate of drug-likeness (QED) is 0.362. The summed E-state index contributed by atoms with van der Waals surface area (Å²) >= 11 is 0. The summed E-state index contributed by atoms with van der Waals surface area (Å²) in [5.41, 5.74) is 2.27. The SMILES string of the molecule is Cc1ccc(NC(=O)c2cc(NC(=O)c3ccc(C(=O)O)cc3C(=O)O)ccc2N2CCCCC2)cc1. The Bertz CT molecular complexity index is 1360. The standard InChI is InChI=1S/C28H27N3O6/c1-17-5-8-19(9-6-17)29-26(33)23-16-20(10-12-24(23)31-13-3-2-4-14-31)30-25(32)21-11-7-18(27(34)35)15-22(21)28(36)37/h5-12,15-16H,2-4,13-14H2,1H3,(H,29,33)(H,30,32)(H,34,35)(H,36,37). The number of hydrogen-bond donors (Lipinski definition) is 4. The Morgan fingerprint density at radius 1 is 0.676 bits per heavy atom. The number of carboxylic acid groups (broad SMARTS) is 2. The molecule has 190 valence electrons. The van der Waals surface area contributed by atoms with Crippen LogP contribution in [0.1, 0.15) is 66.3 Å². The third kappa shape index (κ3) is 5.95. The van der Waals surface area contributed by atoms with E-state index < -0.39 is 23.4 Å². The van der Waals surface area contributed by atoms with Crippen molar-refractivity contribution in [3.05, 3.63) is 88.5 Å². The number of amides is 2. The first-order valence-corrected chi connectivity index (χ1v) is 11.9. The predicted molar refractivity (Wildman–Crippen MR) is 140 cm³/mol. The van der Waals surface area contributed by atoms with E-state index >= 15 is 0 Å². The van der Waals surface area contributed by atoms with Crippen LogP contribution in [-0.4, -0.2) is 47.1 Å². The second-order valence-corrected chi connectivity index (χ2v) is 8.92. The maximum absolute atomic E-state index is 13.3. The van der Waals surface area contributed by atoms with Crippen LogP contribution in [0.2, 0.25) is 0 Å². The van der Waals surface area contributed by atoms with Crippen LogP contribution in [0.15, 0.2) is 60.7 Å². The summed E-state index contributed by atoms with van der Waals surface area (Å²) in [4.78, 5) is 51.4. The van der Waals surface area contributed by atoms with E-state index in [1.807, 2.05) is 31.2 Å². The van der Waals surface area contributed by atoms with Gasteiger partial charge in [0.05, 0.1) is 22.3 Å². The predicted octanol–water partition coefficient (Wildman–Crippen LogP) is 4.89. The molecule has 1 fully saturated rings. The molecule has 3 aromatic carbocycles. The van der Waals surface area contributed by atoms with Gasteiger partial charge >= 0.3 is 11.9 Å². The van der Waals surface area contributed by atoms with Crippen LogP contribution in [0.3, 0.4) is 0 Å². The fourth-order valence-corrected chi connectivity index (χ4v) is 4.29. The summed E-state index contributed by atoms with van der Waals surface area (Å²) in [5, 5.41) is 24.2. The van der Waals surface area contributed by atoms with Crippen LogP contribution in [-0.2, 0) is 0 Å². The summed E-state index contributed by atoms with van der Waals surface area (Å²) in [6, 6.07) is 15.7. The number of carboxylic acids is 2. The molecule has 9 nitrogen and oxygen atoms in total. The lowest BCUT2D eigenvalue weighted by Crippen LogP contribution is -2.31. The third-order valence-corrected chi connectivity index (χ3v) is 6.25. The first-order chi connectivity index (χ1) is 17.7. The first-order valence-electron chi connectivity index (χ1n) is 11.9. The van der Waals surface area contributed by atoms with Crippen LogP contribution < -0.4 is 15.5 Å². The number of aryl methyl sites for hydroxylation is 1. The molecule has 0 aromatic heterocycles. The minimum absolute atomic E-state index is 0.191. The van der Waals surface area contributed by atoms with Gasteiger partial charge in [-0.3, -0.25) is 9.59 Å². The van der Waals surface area contributed by atoms with Crippen LogP contribution in [0.25, 0.3) is 0 Å². The molecule has 37 heavy (non-hydrogen) atoms. The summed E-state index contributed by atoms with van der Waals surface area (Å²) in [7, 11) is 0. The lowest BCUT2D eigenvalue weighted by atomic mass is 10.0. The normalized spacial score (nSPS) is 13.1. The highest BCUT2D eigenvalue weighted by Crippen LogP contribution is 2.29. The number of nitrogens with zero attached hydrogens (tertiary/aromatic N) is 1. The number of hydrogen-bond acceptors (Lipinski definition) is 5. The molecule has 0 unspecified atom stereocenters. The van der Waals surface area contributed by atoms with E-state index in [4.69, 9.17) is 5.11 Å². The summed E-state index contributed by atoms with van der Waals surface area (Å²) in [6.45, 7) is 3.58. The van der Waals surface area contributed by atoms with Gasteiger partial charge in [-0.15, -0.1) is 0 Å². The molecule has 0 aliphatic carbocycles. The Morgan fingerprint density at radius 3 is 1.95 bits per heavy atom. The topological polar surface area (TPSA) is 136 Å². The number of anilines is 3. The number of rotatable bonds is 7. The molecule has 0 saturated carbocycles. The molecular weight excluding hydrogens is 474 g/mol. The number of benzene rings is 3. The minimum Gasteiger partial charge on any atom is -0.478 e. The fraction of sp³-hybridized carbons (Fsp3) is 0.214. The second kappa shape index (κ2) is 10.9. The molecule has 0 radical (unpaired) electrons. The van der Waals surface area contributed by atoms with Gasteiger partial charge in [-0.1, -0.05) is 17.7 Å². The molecule has 3 aromatic rings. The highest BCUT2D eigenvalue weighted by atomic mass is 16.4. The number of piperidine rings is 1. The van der Waals surface area contributed by atoms with Gasteiger partial charge in [-0.2, -0.15) is 0 Å². The van der Waals surface area contributed by atoms with Crippen molar-refractivity contribution in [2.75, 3.05) is 28.6 Å². The van der Waals surface area contributed by atoms with Crippen molar-refractivity contribution in [1.82, 2.24) is 0 Å². The van der Waals surface area contributed by atoms with Gasteiger partial charge in [0, 0.05) is 30.2 Å². The zero-order chi connectivity index (χ0) is 26.5. The molecule has 4 N–H and O–H groups in total. The van der Waals surface area contributed by atoms with Crippen molar-refractivity contribution in [1.29, 1.82) is 0 Å². The molecular formula is C28H27N3O6. The molecule has 1 aliphatic rings. The zero-order valence-electron chi connectivity index (χ0n) is 20.3. The van der Waals surface area contributed by atoms with Gasteiger partial charge < -0.3 is 25.7 Å². The first kappa shape index (κ1) is 25.4. The van der Waals surface area contributed by atoms with E-state index in [9.17, 15) is 24.3 Å². The molecule has 0 atom stereocenters. The lowest BCUT2D eigenvalue weighted by molar-refractivity contribution is 0.0692. The van der Waals surface area contributed by atoms with Crippen LogP contribution >= 0.6 is 0 Å². The Morgan fingerprint density at radius 2 is 1.30 bits per heavy atom. The Labute approximate surface area is 213 Å². The van der Waals surface area contributed by atoms with E-state index in [0.29, 0.717) is 16.9 Å². The third-order valence-electron chi connectivity index (χ3n) is 6.25. The summed E-state index contributed by atoms with van der Waals surface area (Å²) in [6.07, 6.45) is 3.16. The average Bonchev–Trinajstić information content (AvgIpc) is 2.90. The van der Waals surface area contributed by atoms with Crippen molar-refractivity contribution < 1.29 is 29.4 Å². The minimum atomic E-state index is -1.42. The summed E-state index contributed by atoms with van der Waals surface area (Å²) < 4.78 is 0. The van der Waals surface area contributed by atoms with E-state index in [-0.39, 0.29) is 17.0 Å². The van der Waals surface area contributed by atoms with Crippen molar-refractivity contribution >= 4 is 40.8 Å². The van der Waals surface area contributed by atoms with Gasteiger partial charge in [-0.25, -0.2) is 9.59 Å². The molecule has 1 saturated heterocycles. The van der Waals surface area contributed by atoms with Gasteiger partial charge in [0.15, 0.2) is 0 Å². The van der Waals surface area contributed by atoms with Gasteiger partial charge in [0.25, 0.3) is 11.8 Å². The fourth-order valence-electron chi connectivity index (χ4n) is 4.29. The maximum atomic E-state index is 13.3. The van der Waals surface area contributed by atoms with Crippen LogP contribution in [0.4, 0.5) is 17.1 Å². The van der Waals surface area contributed by atoms with Crippen molar-refractivity contribution in [3.8, 4) is 0 Å². The molecule has 0 bridgehead atoms. The molecule has 1 aliphatic heterocycles. The van der Waals surface area contributed by atoms with Gasteiger partial charge in [-0.05, 0) is 74.7 Å². The maximum Gasteiger partial charge on any atom is 0.336 e. The Balaban J connectivity index is 1.65. The Hall–Kier alpha value is -4.66. The van der Waals surface area contributed by atoms with Gasteiger partial charge in [0.1, 0.15) is 0 Å². The van der Waals surface area contributed by atoms with Gasteiger partial charge in [0.2, 0.25) is 0 Å².